The predicted molar refractivity (Wildman–Crippen MR) is 56.3 cm³/mol. The Hall–Kier alpha value is -0.870. The Bertz CT molecular complexity index is 376. The number of piperidine rings is 1. The molecule has 2 saturated heterocycles. The zero-order chi connectivity index (χ0) is 10.5. The number of hydrogen-bond acceptors (Lipinski definition) is 3. The molecule has 0 radical (unpaired) electrons. The van der Waals surface area contributed by atoms with Crippen LogP contribution in [0.15, 0.2) is 12.3 Å². The highest BCUT2D eigenvalue weighted by atomic mass is 16.3. The number of aromatic nitrogens is 2. The summed E-state index contributed by atoms with van der Waals surface area (Å²) in [6.07, 6.45) is 3.84. The van der Waals surface area contributed by atoms with Gasteiger partial charge in [0.1, 0.15) is 5.60 Å². The Balaban J connectivity index is 1.95. The quantitative estimate of drug-likeness (QED) is 0.721. The smallest absolute Gasteiger partial charge is 0.114 e. The van der Waals surface area contributed by atoms with Crippen LogP contribution in [0, 0.1) is 5.92 Å². The molecule has 0 saturated carbocycles. The van der Waals surface area contributed by atoms with Crippen molar-refractivity contribution in [2.75, 3.05) is 19.6 Å². The Morgan fingerprint density at radius 2 is 2.40 bits per heavy atom. The van der Waals surface area contributed by atoms with Crippen molar-refractivity contribution >= 4 is 0 Å². The van der Waals surface area contributed by atoms with E-state index in [-0.39, 0.29) is 0 Å². The van der Waals surface area contributed by atoms with Crippen LogP contribution in [0.2, 0.25) is 0 Å². The number of nitrogens with zero attached hydrogens (tertiary/aromatic N) is 3. The molecule has 15 heavy (non-hydrogen) atoms. The minimum atomic E-state index is -0.672. The second-order valence-corrected chi connectivity index (χ2v) is 4.84. The molecule has 1 N–H and O–H groups in total. The topological polar surface area (TPSA) is 41.3 Å². The normalized spacial score (nSPS) is 39.6. The van der Waals surface area contributed by atoms with Gasteiger partial charge < -0.3 is 10.0 Å². The number of aliphatic hydroxyl groups is 1. The van der Waals surface area contributed by atoms with Crippen molar-refractivity contribution in [3.8, 4) is 0 Å². The van der Waals surface area contributed by atoms with Crippen LogP contribution in [0.5, 0.6) is 0 Å². The third kappa shape index (κ3) is 1.32. The molecule has 82 valence electrons. The Morgan fingerprint density at radius 1 is 1.53 bits per heavy atom. The highest BCUT2D eigenvalue weighted by Crippen LogP contribution is 2.41. The summed E-state index contributed by atoms with van der Waals surface area (Å²) in [6, 6.07) is 1.95. The summed E-state index contributed by atoms with van der Waals surface area (Å²) >= 11 is 0. The van der Waals surface area contributed by atoms with Crippen molar-refractivity contribution in [1.82, 2.24) is 14.7 Å². The van der Waals surface area contributed by atoms with E-state index in [0.29, 0.717) is 5.92 Å². The van der Waals surface area contributed by atoms with E-state index in [0.717, 1.165) is 38.2 Å². The number of hydrogen-bond donors (Lipinski definition) is 1. The van der Waals surface area contributed by atoms with Gasteiger partial charge in [-0.3, -0.25) is 4.68 Å². The Labute approximate surface area is 89.5 Å². The van der Waals surface area contributed by atoms with E-state index in [1.165, 1.54) is 0 Å². The lowest BCUT2D eigenvalue weighted by Crippen LogP contribution is -2.44. The SMILES string of the molecule is Cn1ccc(C2(O)CCN3CCC2C3)n1. The number of rotatable bonds is 1. The maximum Gasteiger partial charge on any atom is 0.114 e. The molecule has 0 aliphatic carbocycles. The Morgan fingerprint density at radius 3 is 3.13 bits per heavy atom. The molecule has 2 bridgehead atoms. The van der Waals surface area contributed by atoms with Crippen LogP contribution in [-0.4, -0.2) is 39.4 Å². The van der Waals surface area contributed by atoms with Gasteiger partial charge in [0.15, 0.2) is 0 Å². The molecular weight excluding hydrogens is 190 g/mol. The summed E-state index contributed by atoms with van der Waals surface area (Å²) in [4.78, 5) is 2.43. The van der Waals surface area contributed by atoms with Crippen molar-refractivity contribution in [2.45, 2.75) is 18.4 Å². The fourth-order valence-electron chi connectivity index (χ4n) is 2.94. The molecule has 0 amide bonds. The molecule has 2 aliphatic rings. The molecule has 2 fully saturated rings. The third-order valence-corrected chi connectivity index (χ3v) is 3.91. The van der Waals surface area contributed by atoms with E-state index in [2.05, 4.69) is 10.00 Å². The molecule has 3 unspecified atom stereocenters. The van der Waals surface area contributed by atoms with Gasteiger partial charge in [-0.2, -0.15) is 5.10 Å². The van der Waals surface area contributed by atoms with Gasteiger partial charge in [-0.05, 0) is 25.5 Å². The summed E-state index contributed by atoms with van der Waals surface area (Å²) in [5.41, 5.74) is 0.186. The van der Waals surface area contributed by atoms with Crippen molar-refractivity contribution in [3.63, 3.8) is 0 Å². The Kier molecular flexibility index (Phi) is 1.91. The van der Waals surface area contributed by atoms with Gasteiger partial charge in [0, 0.05) is 32.3 Å². The molecule has 0 spiro atoms. The molecule has 3 rings (SSSR count). The van der Waals surface area contributed by atoms with Gasteiger partial charge >= 0.3 is 0 Å². The van der Waals surface area contributed by atoms with Crippen LogP contribution >= 0.6 is 0 Å². The van der Waals surface area contributed by atoms with Gasteiger partial charge in [-0.1, -0.05) is 0 Å². The van der Waals surface area contributed by atoms with Crippen LogP contribution in [0.4, 0.5) is 0 Å². The first-order chi connectivity index (χ1) is 7.18. The lowest BCUT2D eigenvalue weighted by Gasteiger charge is -2.37. The van der Waals surface area contributed by atoms with Crippen LogP contribution in [0.25, 0.3) is 0 Å². The minimum Gasteiger partial charge on any atom is -0.383 e. The van der Waals surface area contributed by atoms with Gasteiger partial charge in [0.25, 0.3) is 0 Å². The zero-order valence-corrected chi connectivity index (χ0v) is 9.06. The van der Waals surface area contributed by atoms with E-state index in [9.17, 15) is 5.11 Å². The zero-order valence-electron chi connectivity index (χ0n) is 9.06. The van der Waals surface area contributed by atoms with Crippen molar-refractivity contribution in [1.29, 1.82) is 0 Å². The van der Waals surface area contributed by atoms with E-state index in [1.807, 2.05) is 19.3 Å². The van der Waals surface area contributed by atoms with Crippen LogP contribution in [0.3, 0.4) is 0 Å². The number of aryl methyl sites for hydroxylation is 1. The average molecular weight is 207 g/mol. The standard InChI is InChI=1S/C11H17N3O/c1-13-5-3-10(12-13)11(15)4-7-14-6-2-9(11)8-14/h3,5,9,15H,2,4,6-8H2,1H3. The molecule has 1 aromatic heterocycles. The number of fused-ring (bicyclic) bond motifs is 2. The summed E-state index contributed by atoms with van der Waals surface area (Å²) in [6.45, 7) is 3.18. The van der Waals surface area contributed by atoms with Crippen LogP contribution < -0.4 is 0 Å². The first-order valence-corrected chi connectivity index (χ1v) is 5.63. The van der Waals surface area contributed by atoms with Gasteiger partial charge in [-0.25, -0.2) is 0 Å². The van der Waals surface area contributed by atoms with Gasteiger partial charge in [0.05, 0.1) is 5.69 Å². The van der Waals surface area contributed by atoms with Crippen LogP contribution in [-0.2, 0) is 12.6 Å². The average Bonchev–Trinajstić information content (AvgIpc) is 2.81. The van der Waals surface area contributed by atoms with E-state index in [4.69, 9.17) is 0 Å². The molecule has 4 heteroatoms. The maximum absolute atomic E-state index is 10.7. The van der Waals surface area contributed by atoms with E-state index >= 15 is 0 Å². The lowest BCUT2D eigenvalue weighted by molar-refractivity contribution is -0.0540. The van der Waals surface area contributed by atoms with E-state index < -0.39 is 5.60 Å². The minimum absolute atomic E-state index is 0.376. The second kappa shape index (κ2) is 3.06. The molecule has 3 atom stereocenters. The lowest BCUT2D eigenvalue weighted by atomic mass is 9.80. The summed E-state index contributed by atoms with van der Waals surface area (Å²) in [7, 11) is 1.90. The molecule has 0 aromatic carbocycles. The van der Waals surface area contributed by atoms with Gasteiger partial charge in [-0.15, -0.1) is 0 Å². The van der Waals surface area contributed by atoms with Crippen molar-refractivity contribution in [2.24, 2.45) is 13.0 Å². The van der Waals surface area contributed by atoms with Gasteiger partial charge in [0.2, 0.25) is 0 Å². The summed E-state index contributed by atoms with van der Waals surface area (Å²) in [5.74, 6) is 0.376. The van der Waals surface area contributed by atoms with Crippen molar-refractivity contribution < 1.29 is 5.11 Å². The van der Waals surface area contributed by atoms with Crippen molar-refractivity contribution in [3.05, 3.63) is 18.0 Å². The molecule has 4 nitrogen and oxygen atoms in total. The maximum atomic E-state index is 10.7. The fourth-order valence-corrected chi connectivity index (χ4v) is 2.94. The molecule has 3 heterocycles. The summed E-state index contributed by atoms with van der Waals surface area (Å²) in [5, 5.41) is 15.1. The monoisotopic (exact) mass is 207 g/mol. The van der Waals surface area contributed by atoms with Crippen LogP contribution in [0.1, 0.15) is 18.5 Å². The molecular formula is C11H17N3O. The second-order valence-electron chi connectivity index (χ2n) is 4.84. The largest absolute Gasteiger partial charge is 0.383 e. The highest BCUT2D eigenvalue weighted by molar-refractivity contribution is 5.15. The first-order valence-electron chi connectivity index (χ1n) is 5.63. The fraction of sp³-hybridized carbons (Fsp3) is 0.727. The first kappa shape index (κ1) is 9.36. The van der Waals surface area contributed by atoms with E-state index in [1.54, 1.807) is 4.68 Å². The molecule has 2 aliphatic heterocycles. The third-order valence-electron chi connectivity index (χ3n) is 3.91. The summed E-state index contributed by atoms with van der Waals surface area (Å²) < 4.78 is 1.77. The predicted octanol–water partition coefficient (Wildman–Crippen LogP) is 0.333. The highest BCUT2D eigenvalue weighted by Gasteiger charge is 2.47. The molecule has 1 aromatic rings.